The lowest BCUT2D eigenvalue weighted by Gasteiger charge is -2.30. The number of amides is 10. The summed E-state index contributed by atoms with van der Waals surface area (Å²) in [5.74, 6) is -7.38. The molecule has 32 nitrogen and oxygen atoms in total. The van der Waals surface area contributed by atoms with Gasteiger partial charge in [0.1, 0.15) is 48.0 Å². The first kappa shape index (κ1) is 72.7. The largest absolute Gasteiger partial charge is 0.370 e. The molecule has 0 radical (unpaired) electrons. The van der Waals surface area contributed by atoms with Gasteiger partial charge < -0.3 is 109 Å². The first-order chi connectivity index (χ1) is 40.2. The van der Waals surface area contributed by atoms with Crippen LogP contribution in [0.25, 0.3) is 0 Å². The van der Waals surface area contributed by atoms with Crippen molar-refractivity contribution in [1.29, 1.82) is 5.41 Å². The molecule has 3 unspecified atom stereocenters. The summed E-state index contributed by atoms with van der Waals surface area (Å²) in [5.41, 5.74) is 45.7. The second kappa shape index (κ2) is 41.6. The number of likely N-dealkylation sites (tertiary alicyclic amines) is 1. The fourth-order valence-electron chi connectivity index (χ4n) is 8.78. The fourth-order valence-corrected chi connectivity index (χ4v) is 8.78. The van der Waals surface area contributed by atoms with E-state index in [4.69, 9.17) is 51.3 Å². The number of nitrogens with one attached hydrogen (secondary N) is 12. The Morgan fingerprint density at radius 3 is 1.85 bits per heavy atom. The predicted octanol–water partition coefficient (Wildman–Crippen LogP) is -6.87. The normalized spacial score (nSPS) is 15.6. The standard InChI is InChI=1S/C52H96N22O10/c1-32(67-46(79)38(18-24-58)69-44(77)34(59)12-8-22-56)43(76)65-30-42(75)68-39(15-9-23-57)51(84)74-27-11-17-41(74)50(83)73-40(28-33-29-62-31-66-33)49(82)72-36(14-3-5-20-54)47(80)71-37(16-10-26-64-52(60)61)48(81)70-35(13-2-4-19-53)45(78)63-25-7-6-21-55/h16,29,31-32,34-36,38-41H,2-15,17-28,30,53-59H2,1H3,(H,62,66)(H,63,78)(H,65,76)(H,67,79)(H,68,75)(H,69,77)(H,70,81)(H,71,80)(H,72,82)(H,73,83)(H4,60,61,64)/b37-16-/t32?,34?,35-,36-,38-,39+,40?,41-/m0/s1. The number of hydrogen-bond acceptors (Lipinski definition) is 19. The average Bonchev–Trinajstić information content (AvgIpc) is 4.41. The number of hydrogen-bond donors (Lipinski definition) is 20. The highest BCUT2D eigenvalue weighted by Crippen LogP contribution is 2.21. The van der Waals surface area contributed by atoms with E-state index < -0.39 is 114 Å². The molecule has 1 aromatic heterocycles. The van der Waals surface area contributed by atoms with Gasteiger partial charge in [-0.1, -0.05) is 6.08 Å². The molecule has 0 spiro atoms. The van der Waals surface area contributed by atoms with Crippen molar-refractivity contribution in [3.63, 3.8) is 0 Å². The van der Waals surface area contributed by atoms with E-state index in [-0.39, 0.29) is 95.7 Å². The van der Waals surface area contributed by atoms with Crippen LogP contribution in [0.3, 0.4) is 0 Å². The molecule has 1 saturated heterocycles. The predicted molar refractivity (Wildman–Crippen MR) is 313 cm³/mol. The first-order valence-electron chi connectivity index (χ1n) is 28.9. The Labute approximate surface area is 490 Å². The van der Waals surface area contributed by atoms with Gasteiger partial charge >= 0.3 is 0 Å². The summed E-state index contributed by atoms with van der Waals surface area (Å²) < 4.78 is 0. The molecule has 0 saturated carbocycles. The molecular formula is C52H96N22O10. The number of H-pyrrole nitrogens is 1. The van der Waals surface area contributed by atoms with Gasteiger partial charge in [-0.25, -0.2) is 4.98 Å². The van der Waals surface area contributed by atoms with Crippen LogP contribution in [0.15, 0.2) is 24.3 Å². The lowest BCUT2D eigenvalue weighted by atomic mass is 10.0. The molecule has 0 aromatic carbocycles. The summed E-state index contributed by atoms with van der Waals surface area (Å²) in [6.07, 6.45) is 9.32. The zero-order chi connectivity index (χ0) is 62.4. The summed E-state index contributed by atoms with van der Waals surface area (Å²) in [6, 6.07) is -9.20. The van der Waals surface area contributed by atoms with Crippen LogP contribution in [0, 0.1) is 5.41 Å². The van der Waals surface area contributed by atoms with Gasteiger partial charge in [-0.15, -0.1) is 0 Å². The molecule has 1 aliphatic heterocycles. The van der Waals surface area contributed by atoms with E-state index in [1.165, 1.54) is 30.4 Å². The second-order valence-electron chi connectivity index (χ2n) is 20.4. The first-order valence-corrected chi connectivity index (χ1v) is 28.9. The highest BCUT2D eigenvalue weighted by molar-refractivity contribution is 6.02. The van der Waals surface area contributed by atoms with Crippen molar-refractivity contribution in [2.75, 3.05) is 65.4 Å². The van der Waals surface area contributed by atoms with E-state index in [9.17, 15) is 47.9 Å². The van der Waals surface area contributed by atoms with E-state index >= 15 is 0 Å². The molecule has 28 N–H and O–H groups in total. The minimum atomic E-state index is -1.37. The number of imidazole rings is 1. The van der Waals surface area contributed by atoms with Gasteiger partial charge in [-0.2, -0.15) is 0 Å². The molecule has 474 valence electrons. The van der Waals surface area contributed by atoms with E-state index in [2.05, 4.69) is 63.1 Å². The smallest absolute Gasteiger partial charge is 0.268 e. The minimum absolute atomic E-state index is 0.0297. The van der Waals surface area contributed by atoms with Crippen molar-refractivity contribution in [3.8, 4) is 0 Å². The summed E-state index contributed by atoms with van der Waals surface area (Å²) in [5, 5.41) is 33.9. The number of nitrogens with two attached hydrogens (primary N) is 8. The maximum absolute atomic E-state index is 14.5. The zero-order valence-electron chi connectivity index (χ0n) is 48.5. The van der Waals surface area contributed by atoms with E-state index in [0.29, 0.717) is 89.7 Å². The van der Waals surface area contributed by atoms with E-state index in [1.807, 2.05) is 0 Å². The number of carbonyl (C=O) groups is 10. The second-order valence-corrected chi connectivity index (χ2v) is 20.4. The van der Waals surface area contributed by atoms with Gasteiger partial charge in [0.2, 0.25) is 53.2 Å². The van der Waals surface area contributed by atoms with Gasteiger partial charge in [0.25, 0.3) is 5.91 Å². The maximum Gasteiger partial charge on any atom is 0.268 e. The molecule has 10 amide bonds. The lowest BCUT2D eigenvalue weighted by molar-refractivity contribution is -0.142. The molecule has 8 atom stereocenters. The van der Waals surface area contributed by atoms with E-state index in [0.717, 1.165) is 0 Å². The van der Waals surface area contributed by atoms with Crippen molar-refractivity contribution in [2.45, 2.75) is 164 Å². The molecule has 1 aliphatic rings. The zero-order valence-corrected chi connectivity index (χ0v) is 48.5. The summed E-state index contributed by atoms with van der Waals surface area (Å²) in [7, 11) is 0. The van der Waals surface area contributed by atoms with Crippen LogP contribution in [0.1, 0.15) is 115 Å². The Hall–Kier alpha value is -7.36. The molecule has 84 heavy (non-hydrogen) atoms. The van der Waals surface area contributed by atoms with Crippen LogP contribution >= 0.6 is 0 Å². The minimum Gasteiger partial charge on any atom is -0.370 e. The topological polar surface area (TPSA) is 555 Å². The average molecular weight is 1190 g/mol. The Morgan fingerprint density at radius 2 is 1.23 bits per heavy atom. The quantitative estimate of drug-likeness (QED) is 0.0125. The van der Waals surface area contributed by atoms with Crippen LogP contribution in [0.2, 0.25) is 0 Å². The highest BCUT2D eigenvalue weighted by atomic mass is 16.2. The number of aromatic nitrogens is 2. The Bertz CT molecular complexity index is 2270. The summed E-state index contributed by atoms with van der Waals surface area (Å²) >= 11 is 0. The third kappa shape index (κ3) is 27.8. The fraction of sp³-hybridized carbons (Fsp3) is 0.692. The third-order valence-electron chi connectivity index (χ3n) is 13.5. The van der Waals surface area contributed by atoms with Gasteiger partial charge in [0.15, 0.2) is 5.96 Å². The number of aromatic amines is 1. The number of guanidine groups is 1. The highest BCUT2D eigenvalue weighted by Gasteiger charge is 2.40. The molecular weight excluding hydrogens is 1090 g/mol. The Balaban J connectivity index is 2.33. The maximum atomic E-state index is 14.5. The number of rotatable bonds is 43. The molecule has 2 rings (SSSR count). The monoisotopic (exact) mass is 1190 g/mol. The van der Waals surface area contributed by atoms with Crippen molar-refractivity contribution in [2.24, 2.45) is 45.9 Å². The van der Waals surface area contributed by atoms with Gasteiger partial charge in [0, 0.05) is 37.9 Å². The Morgan fingerprint density at radius 1 is 0.631 bits per heavy atom. The van der Waals surface area contributed by atoms with Crippen LogP contribution in [0.4, 0.5) is 0 Å². The van der Waals surface area contributed by atoms with Crippen molar-refractivity contribution in [1.82, 2.24) is 68.0 Å². The molecule has 1 aromatic rings. The number of nitrogens with zero attached hydrogens (tertiary/aromatic N) is 2. The number of unbranched alkanes of at least 4 members (excludes halogenated alkanes) is 3. The SMILES string of the molecule is CC(NC(=O)[C@H](CCN)NC(=O)C(N)CCCN)C(=O)NCC(=O)N[C@H](CCCN)C(=O)N1CCC[C@H]1C(=O)NC(Cc1cnc[nH]1)C(=O)N[C@@H](CCCCN)C(=O)N/C(=C\CCNC(=N)N)C(=O)N[C@@H](CCCCN)C(=O)NCCCCN. The van der Waals surface area contributed by atoms with Crippen molar-refractivity contribution >= 4 is 65.0 Å². The van der Waals surface area contributed by atoms with Gasteiger partial charge in [-0.05, 0) is 149 Å². The Kier molecular flexibility index (Phi) is 36.0. The summed E-state index contributed by atoms with van der Waals surface area (Å²) in [4.78, 5) is 145. The molecule has 0 bridgehead atoms. The molecule has 32 heteroatoms. The van der Waals surface area contributed by atoms with Crippen LogP contribution in [0.5, 0.6) is 0 Å². The van der Waals surface area contributed by atoms with Crippen LogP contribution in [-0.2, 0) is 54.4 Å². The number of carbonyl (C=O) groups excluding carboxylic acids is 10. The van der Waals surface area contributed by atoms with Crippen LogP contribution < -0.4 is 99.0 Å². The van der Waals surface area contributed by atoms with Crippen LogP contribution in [-0.4, -0.2) is 194 Å². The molecule has 0 aliphatic carbocycles. The molecule has 2 heterocycles. The van der Waals surface area contributed by atoms with Gasteiger partial charge in [0.05, 0.1) is 18.9 Å². The van der Waals surface area contributed by atoms with Crippen molar-refractivity contribution in [3.05, 3.63) is 30.0 Å². The summed E-state index contributed by atoms with van der Waals surface area (Å²) in [6.45, 7) is 2.83. The lowest BCUT2D eigenvalue weighted by Crippen LogP contribution is -2.59. The third-order valence-corrected chi connectivity index (χ3v) is 13.5. The molecule has 1 fully saturated rings. The van der Waals surface area contributed by atoms with E-state index in [1.54, 1.807) is 0 Å². The van der Waals surface area contributed by atoms with Crippen molar-refractivity contribution < 1.29 is 47.9 Å². The van der Waals surface area contributed by atoms with Gasteiger partial charge in [-0.3, -0.25) is 53.4 Å².